The summed E-state index contributed by atoms with van der Waals surface area (Å²) in [6.45, 7) is 4.97. The van der Waals surface area contributed by atoms with E-state index in [1.165, 1.54) is 37.2 Å². The van der Waals surface area contributed by atoms with Gasteiger partial charge in [0.15, 0.2) is 6.61 Å². The summed E-state index contributed by atoms with van der Waals surface area (Å²) < 4.78 is 10.6. The van der Waals surface area contributed by atoms with Gasteiger partial charge in [-0.25, -0.2) is 0 Å². The molecule has 0 bridgehead atoms. The van der Waals surface area contributed by atoms with Crippen LogP contribution in [0.15, 0.2) is 28.8 Å². The van der Waals surface area contributed by atoms with E-state index in [2.05, 4.69) is 20.4 Å². The normalized spacial score (nSPS) is 19.2. The zero-order chi connectivity index (χ0) is 20.1. The van der Waals surface area contributed by atoms with Crippen LogP contribution in [0.3, 0.4) is 0 Å². The number of rotatable bonds is 7. The van der Waals surface area contributed by atoms with Crippen LogP contribution < -0.4 is 10.1 Å². The summed E-state index contributed by atoms with van der Waals surface area (Å²) in [7, 11) is 0. The molecule has 2 aliphatic rings. The third kappa shape index (κ3) is 4.93. The Morgan fingerprint density at radius 2 is 1.97 bits per heavy atom. The van der Waals surface area contributed by atoms with E-state index in [1.807, 2.05) is 11.8 Å². The second kappa shape index (κ2) is 9.17. The quantitative estimate of drug-likeness (QED) is 0.743. The molecule has 1 aromatic heterocycles. The van der Waals surface area contributed by atoms with Crippen LogP contribution in [-0.4, -0.2) is 57.6 Å². The molecule has 2 aromatic rings. The Bertz CT molecular complexity index is 812. The second-order valence-corrected chi connectivity index (χ2v) is 8.98. The van der Waals surface area contributed by atoms with Gasteiger partial charge in [0.05, 0.1) is 0 Å². The van der Waals surface area contributed by atoms with Gasteiger partial charge in [-0.3, -0.25) is 9.69 Å². The van der Waals surface area contributed by atoms with Gasteiger partial charge in [0.1, 0.15) is 5.75 Å². The number of ether oxygens (including phenoxy) is 1. The van der Waals surface area contributed by atoms with Gasteiger partial charge in [-0.15, -0.1) is 0 Å². The maximum absolute atomic E-state index is 12.7. The number of hydrogen-bond donors (Lipinski definition) is 1. The maximum atomic E-state index is 12.7. The Hall–Kier alpha value is -2.06. The molecular weight excluding hydrogens is 388 g/mol. The number of aromatic nitrogens is 2. The van der Waals surface area contributed by atoms with Crippen molar-refractivity contribution in [1.29, 1.82) is 0 Å². The fraction of sp³-hybridized carbons (Fsp3) is 0.571. The van der Waals surface area contributed by atoms with Crippen molar-refractivity contribution in [3.05, 3.63) is 41.5 Å². The maximum Gasteiger partial charge on any atom is 0.251 e. The Morgan fingerprint density at radius 1 is 1.24 bits per heavy atom. The number of hydrogen-bond acceptors (Lipinski definition) is 7. The Morgan fingerprint density at radius 3 is 2.62 bits per heavy atom. The molecule has 2 fully saturated rings. The third-order valence-electron chi connectivity index (χ3n) is 5.85. The number of nitrogens with one attached hydrogen (secondary N) is 1. The largest absolute Gasteiger partial charge is 0.485 e. The zero-order valence-electron chi connectivity index (χ0n) is 16.9. The van der Waals surface area contributed by atoms with Crippen molar-refractivity contribution in [2.75, 3.05) is 31.1 Å². The predicted octanol–water partition coefficient (Wildman–Crippen LogP) is 3.05. The molecule has 0 unspecified atom stereocenters. The van der Waals surface area contributed by atoms with Gasteiger partial charge in [0, 0.05) is 49.2 Å². The van der Waals surface area contributed by atoms with E-state index in [4.69, 9.17) is 9.26 Å². The number of thioether (sulfide) groups is 1. The van der Waals surface area contributed by atoms with Crippen LogP contribution in [0.5, 0.6) is 5.75 Å². The summed E-state index contributed by atoms with van der Waals surface area (Å²) >= 11 is 2.03. The van der Waals surface area contributed by atoms with Crippen LogP contribution in [0.4, 0.5) is 0 Å². The van der Waals surface area contributed by atoms with Crippen LogP contribution in [0, 0.1) is 6.92 Å². The van der Waals surface area contributed by atoms with Crippen LogP contribution in [0.1, 0.15) is 47.8 Å². The lowest BCUT2D eigenvalue weighted by Crippen LogP contribution is -2.56. The molecule has 0 atom stereocenters. The molecule has 0 radical (unpaired) electrons. The minimum atomic E-state index is -0.0250. The number of carbonyl (C=O) groups excluding carboxylic acids is 1. The van der Waals surface area contributed by atoms with Crippen molar-refractivity contribution in [2.45, 2.75) is 44.8 Å². The van der Waals surface area contributed by atoms with Gasteiger partial charge in [0.2, 0.25) is 11.7 Å². The first-order valence-electron chi connectivity index (χ1n) is 10.3. The molecule has 1 saturated carbocycles. The first-order valence-corrected chi connectivity index (χ1v) is 11.4. The lowest BCUT2D eigenvalue weighted by Gasteiger charge is -2.43. The van der Waals surface area contributed by atoms with Crippen molar-refractivity contribution in [2.24, 2.45) is 0 Å². The van der Waals surface area contributed by atoms with Gasteiger partial charge in [-0.05, 0) is 37.1 Å². The summed E-state index contributed by atoms with van der Waals surface area (Å²) in [4.78, 5) is 19.4. The molecule has 1 amide bonds. The number of benzene rings is 1. The van der Waals surface area contributed by atoms with Gasteiger partial charge in [-0.1, -0.05) is 18.0 Å². The van der Waals surface area contributed by atoms with Crippen LogP contribution in [0.25, 0.3) is 0 Å². The molecule has 4 rings (SSSR count). The highest BCUT2D eigenvalue weighted by molar-refractivity contribution is 7.99. The third-order valence-corrected chi connectivity index (χ3v) is 6.79. The van der Waals surface area contributed by atoms with E-state index in [-0.39, 0.29) is 18.1 Å². The molecule has 1 saturated heterocycles. The molecule has 1 aliphatic carbocycles. The van der Waals surface area contributed by atoms with Gasteiger partial charge in [-0.2, -0.15) is 16.7 Å². The van der Waals surface area contributed by atoms with E-state index in [9.17, 15) is 4.79 Å². The molecule has 1 aromatic carbocycles. The Balaban J connectivity index is 1.31. The fourth-order valence-electron chi connectivity index (χ4n) is 4.27. The summed E-state index contributed by atoms with van der Waals surface area (Å²) in [5.74, 6) is 4.05. The average molecular weight is 417 g/mol. The smallest absolute Gasteiger partial charge is 0.251 e. The van der Waals surface area contributed by atoms with E-state index < -0.39 is 0 Å². The SMILES string of the molecule is Cc1nc(COc2ccc(C(=O)NCC3(N4CCSCC4)CCCC3)cc2)no1. The standard InChI is InChI=1S/C21H28N4O3S/c1-16-23-19(24-28-16)14-27-18-6-4-17(5-7-18)20(26)22-15-21(8-2-3-9-21)25-10-12-29-13-11-25/h4-7H,2-3,8-15H2,1H3,(H,22,26). The van der Waals surface area contributed by atoms with Crippen LogP contribution in [-0.2, 0) is 6.61 Å². The summed E-state index contributed by atoms with van der Waals surface area (Å²) in [5.41, 5.74) is 0.790. The minimum absolute atomic E-state index is 0.0250. The Labute approximate surface area is 175 Å². The van der Waals surface area contributed by atoms with Crippen molar-refractivity contribution >= 4 is 17.7 Å². The Kier molecular flexibility index (Phi) is 6.40. The molecule has 8 heteroatoms. The number of carbonyl (C=O) groups is 1. The molecule has 1 aliphatic heterocycles. The summed E-state index contributed by atoms with van der Waals surface area (Å²) in [6, 6.07) is 7.19. The van der Waals surface area contributed by atoms with Crippen LogP contribution in [0.2, 0.25) is 0 Å². The predicted molar refractivity (Wildman–Crippen MR) is 112 cm³/mol. The van der Waals surface area contributed by atoms with Gasteiger partial charge in [0.25, 0.3) is 5.91 Å². The van der Waals surface area contributed by atoms with Crippen molar-refractivity contribution < 1.29 is 14.1 Å². The van der Waals surface area contributed by atoms with Crippen molar-refractivity contribution in [3.8, 4) is 5.75 Å². The zero-order valence-corrected chi connectivity index (χ0v) is 17.7. The van der Waals surface area contributed by atoms with Crippen molar-refractivity contribution in [3.63, 3.8) is 0 Å². The highest BCUT2D eigenvalue weighted by Crippen LogP contribution is 2.36. The monoisotopic (exact) mass is 416 g/mol. The highest BCUT2D eigenvalue weighted by Gasteiger charge is 2.40. The summed E-state index contributed by atoms with van der Waals surface area (Å²) in [6.07, 6.45) is 4.87. The molecule has 0 spiro atoms. The van der Waals surface area contributed by atoms with E-state index in [0.29, 0.717) is 23.0 Å². The minimum Gasteiger partial charge on any atom is -0.485 e. The number of nitrogens with zero attached hydrogens (tertiary/aromatic N) is 3. The highest BCUT2D eigenvalue weighted by atomic mass is 32.2. The molecule has 156 valence electrons. The van der Waals surface area contributed by atoms with E-state index >= 15 is 0 Å². The molecule has 1 N–H and O–H groups in total. The van der Waals surface area contributed by atoms with Crippen LogP contribution >= 0.6 is 11.8 Å². The molecule has 7 nitrogen and oxygen atoms in total. The van der Waals surface area contributed by atoms with E-state index in [1.54, 1.807) is 31.2 Å². The lowest BCUT2D eigenvalue weighted by molar-refractivity contribution is 0.0817. The second-order valence-electron chi connectivity index (χ2n) is 7.76. The fourth-order valence-corrected chi connectivity index (χ4v) is 5.18. The molecule has 2 heterocycles. The first kappa shape index (κ1) is 20.2. The lowest BCUT2D eigenvalue weighted by atomic mass is 9.94. The van der Waals surface area contributed by atoms with Gasteiger partial charge < -0.3 is 14.6 Å². The van der Waals surface area contributed by atoms with Crippen molar-refractivity contribution in [1.82, 2.24) is 20.4 Å². The number of amides is 1. The topological polar surface area (TPSA) is 80.5 Å². The molecular formula is C21H28N4O3S. The van der Waals surface area contributed by atoms with E-state index in [0.717, 1.165) is 19.6 Å². The summed E-state index contributed by atoms with van der Waals surface area (Å²) in [5, 5.41) is 7.00. The first-order chi connectivity index (χ1) is 14.1. The average Bonchev–Trinajstić information content (AvgIpc) is 3.41. The number of aryl methyl sites for hydroxylation is 1. The van der Waals surface area contributed by atoms with Gasteiger partial charge >= 0.3 is 0 Å². The molecule has 29 heavy (non-hydrogen) atoms.